The predicted molar refractivity (Wildman–Crippen MR) is 122 cm³/mol. The summed E-state index contributed by atoms with van der Waals surface area (Å²) in [6.07, 6.45) is 3.02. The van der Waals surface area contributed by atoms with Crippen molar-refractivity contribution in [2.24, 2.45) is 7.05 Å². The molecule has 0 spiro atoms. The van der Waals surface area contributed by atoms with E-state index in [1.807, 2.05) is 6.07 Å². The van der Waals surface area contributed by atoms with Crippen LogP contribution >= 0.6 is 11.3 Å². The number of hydrogen-bond acceptors (Lipinski definition) is 8. The van der Waals surface area contributed by atoms with Gasteiger partial charge in [0.05, 0.1) is 47.7 Å². The van der Waals surface area contributed by atoms with Gasteiger partial charge in [-0.25, -0.2) is 14.0 Å². The van der Waals surface area contributed by atoms with Gasteiger partial charge in [0.1, 0.15) is 15.7 Å². The van der Waals surface area contributed by atoms with E-state index in [9.17, 15) is 14.9 Å². The zero-order valence-electron chi connectivity index (χ0n) is 17.3. The third kappa shape index (κ3) is 3.11. The highest BCUT2D eigenvalue weighted by atomic mass is 32.1. The minimum atomic E-state index is -0.587. The van der Waals surface area contributed by atoms with E-state index in [4.69, 9.17) is 5.26 Å². The SMILES string of the molecule is Cn1nnc2cncc(-n3c(=O)c4sc(-c5ccccc5C#N)cc4n(CCC#N)c3=O)c21. The summed E-state index contributed by atoms with van der Waals surface area (Å²) < 4.78 is 4.28. The maximum absolute atomic E-state index is 13.6. The van der Waals surface area contributed by atoms with Gasteiger partial charge < -0.3 is 0 Å². The molecule has 4 aromatic heterocycles. The molecule has 0 aliphatic rings. The summed E-state index contributed by atoms with van der Waals surface area (Å²) in [5.41, 5.74) is 1.65. The van der Waals surface area contributed by atoms with Crippen LogP contribution in [0.1, 0.15) is 12.0 Å². The fraction of sp³-hybridized carbons (Fsp3) is 0.136. The highest BCUT2D eigenvalue weighted by molar-refractivity contribution is 7.22. The third-order valence-electron chi connectivity index (χ3n) is 5.31. The summed E-state index contributed by atoms with van der Waals surface area (Å²) in [6.45, 7) is 0.106. The van der Waals surface area contributed by atoms with Crippen LogP contribution in [0.15, 0.2) is 52.3 Å². The summed E-state index contributed by atoms with van der Waals surface area (Å²) in [7, 11) is 1.67. The van der Waals surface area contributed by atoms with Crippen molar-refractivity contribution in [2.45, 2.75) is 13.0 Å². The van der Waals surface area contributed by atoms with Crippen molar-refractivity contribution in [1.82, 2.24) is 29.1 Å². The van der Waals surface area contributed by atoms with Crippen molar-refractivity contribution in [3.8, 4) is 28.3 Å². The Kier molecular flexibility index (Phi) is 4.81. The molecule has 0 radical (unpaired) electrons. The number of nitrogens with zero attached hydrogens (tertiary/aromatic N) is 8. The van der Waals surface area contributed by atoms with Crippen molar-refractivity contribution >= 4 is 32.6 Å². The summed E-state index contributed by atoms with van der Waals surface area (Å²) in [5, 5.41) is 26.6. The molecular weight excluding hydrogens is 440 g/mol. The molecule has 0 aliphatic carbocycles. The normalized spacial score (nSPS) is 11.0. The average Bonchev–Trinajstić information content (AvgIpc) is 3.44. The molecule has 11 heteroatoms. The van der Waals surface area contributed by atoms with Crippen LogP contribution in [-0.2, 0) is 13.6 Å². The maximum atomic E-state index is 13.6. The topological polar surface area (TPSA) is 135 Å². The van der Waals surface area contributed by atoms with Gasteiger partial charge in [0, 0.05) is 24.0 Å². The lowest BCUT2D eigenvalue weighted by Gasteiger charge is -2.11. The number of nitriles is 2. The second-order valence-corrected chi connectivity index (χ2v) is 8.26. The molecule has 160 valence electrons. The second kappa shape index (κ2) is 7.82. The van der Waals surface area contributed by atoms with Gasteiger partial charge in [0.25, 0.3) is 5.56 Å². The van der Waals surface area contributed by atoms with Gasteiger partial charge in [0.2, 0.25) is 0 Å². The highest BCUT2D eigenvalue weighted by Crippen LogP contribution is 2.33. The Labute approximate surface area is 189 Å². The molecule has 5 aromatic rings. The molecule has 5 rings (SSSR count). The van der Waals surface area contributed by atoms with E-state index < -0.39 is 11.2 Å². The van der Waals surface area contributed by atoms with Crippen LogP contribution in [0.3, 0.4) is 0 Å². The van der Waals surface area contributed by atoms with E-state index in [-0.39, 0.29) is 18.7 Å². The van der Waals surface area contributed by atoms with Gasteiger partial charge in [-0.05, 0) is 12.1 Å². The summed E-state index contributed by atoms with van der Waals surface area (Å²) in [5.74, 6) is 0. The number of hydrogen-bond donors (Lipinski definition) is 0. The molecule has 0 saturated heterocycles. The number of rotatable bonds is 4. The molecule has 0 saturated carbocycles. The van der Waals surface area contributed by atoms with Crippen molar-refractivity contribution in [3.63, 3.8) is 0 Å². The number of fused-ring (bicyclic) bond motifs is 2. The summed E-state index contributed by atoms with van der Waals surface area (Å²) >= 11 is 1.20. The monoisotopic (exact) mass is 454 g/mol. The molecule has 1 aromatic carbocycles. The standard InChI is InChI=1S/C22H14N8O2S/c1-28-19-15(26-27-28)11-25-12-17(19)30-21(31)20-16(29(22(30)32)8-4-7-23)9-18(33-20)14-6-3-2-5-13(14)10-24/h2-3,5-6,9,11-12H,4,8H2,1H3. The molecule has 0 bridgehead atoms. The number of thiophene rings is 1. The Morgan fingerprint density at radius 2 is 1.97 bits per heavy atom. The molecule has 4 heterocycles. The lowest BCUT2D eigenvalue weighted by Crippen LogP contribution is -2.38. The zero-order valence-corrected chi connectivity index (χ0v) is 18.1. The van der Waals surface area contributed by atoms with Gasteiger partial charge in [-0.15, -0.1) is 16.4 Å². The molecule has 0 N–H and O–H groups in total. The molecule has 0 aliphatic heterocycles. The van der Waals surface area contributed by atoms with Crippen LogP contribution in [0, 0.1) is 22.7 Å². The fourth-order valence-corrected chi connectivity index (χ4v) is 4.96. The van der Waals surface area contributed by atoms with Crippen LogP contribution in [-0.4, -0.2) is 29.1 Å². The second-order valence-electron chi connectivity index (χ2n) is 7.20. The first kappa shape index (κ1) is 20.3. The van der Waals surface area contributed by atoms with Crippen LogP contribution < -0.4 is 11.2 Å². The maximum Gasteiger partial charge on any atom is 0.336 e. The molecule has 0 fully saturated rings. The van der Waals surface area contributed by atoms with E-state index in [0.29, 0.717) is 37.3 Å². The number of benzene rings is 1. The van der Waals surface area contributed by atoms with Crippen molar-refractivity contribution in [2.75, 3.05) is 0 Å². The molecular formula is C22H14N8O2S. The van der Waals surface area contributed by atoms with E-state index in [1.54, 1.807) is 31.3 Å². The van der Waals surface area contributed by atoms with Gasteiger partial charge in [-0.2, -0.15) is 10.5 Å². The first-order valence-electron chi connectivity index (χ1n) is 9.84. The Morgan fingerprint density at radius 3 is 2.76 bits per heavy atom. The molecule has 0 amide bonds. The molecule has 33 heavy (non-hydrogen) atoms. The van der Waals surface area contributed by atoms with Gasteiger partial charge >= 0.3 is 5.69 Å². The zero-order chi connectivity index (χ0) is 23.1. The third-order valence-corrected chi connectivity index (χ3v) is 6.46. The van der Waals surface area contributed by atoms with Crippen LogP contribution in [0.25, 0.3) is 37.4 Å². The summed E-state index contributed by atoms with van der Waals surface area (Å²) in [6, 6.07) is 13.0. The average molecular weight is 454 g/mol. The number of aryl methyl sites for hydroxylation is 2. The van der Waals surface area contributed by atoms with Crippen molar-refractivity contribution < 1.29 is 0 Å². The number of aromatic nitrogens is 6. The first-order valence-corrected chi connectivity index (χ1v) is 10.7. The predicted octanol–water partition coefficient (Wildman–Crippen LogP) is 2.34. The number of pyridine rings is 1. The van der Waals surface area contributed by atoms with Crippen LogP contribution in [0.2, 0.25) is 0 Å². The van der Waals surface area contributed by atoms with E-state index in [2.05, 4.69) is 27.4 Å². The van der Waals surface area contributed by atoms with Crippen LogP contribution in [0.4, 0.5) is 0 Å². The first-order chi connectivity index (χ1) is 16.0. The smallest absolute Gasteiger partial charge is 0.291 e. The van der Waals surface area contributed by atoms with Gasteiger partial charge in [-0.1, -0.05) is 23.4 Å². The Bertz CT molecular complexity index is 1760. The minimum Gasteiger partial charge on any atom is -0.291 e. The Hall–Kier alpha value is -4.61. The molecule has 0 atom stereocenters. The Morgan fingerprint density at radius 1 is 1.15 bits per heavy atom. The lowest BCUT2D eigenvalue weighted by molar-refractivity contribution is 0.661. The van der Waals surface area contributed by atoms with Crippen LogP contribution in [0.5, 0.6) is 0 Å². The fourth-order valence-electron chi connectivity index (χ4n) is 3.83. The molecule has 10 nitrogen and oxygen atoms in total. The van der Waals surface area contributed by atoms with Gasteiger partial charge in [0.15, 0.2) is 0 Å². The largest absolute Gasteiger partial charge is 0.336 e. The minimum absolute atomic E-state index is 0.0862. The van der Waals surface area contributed by atoms with Gasteiger partial charge in [-0.3, -0.25) is 14.3 Å². The Balaban J connectivity index is 1.88. The van der Waals surface area contributed by atoms with Crippen molar-refractivity contribution in [1.29, 1.82) is 10.5 Å². The lowest BCUT2D eigenvalue weighted by atomic mass is 10.1. The molecule has 0 unspecified atom stereocenters. The quantitative estimate of drug-likeness (QED) is 0.407. The van der Waals surface area contributed by atoms with E-state index in [0.717, 1.165) is 4.57 Å². The highest BCUT2D eigenvalue weighted by Gasteiger charge is 2.21. The van der Waals surface area contributed by atoms with E-state index in [1.165, 1.54) is 33.0 Å². The van der Waals surface area contributed by atoms with Crippen molar-refractivity contribution in [3.05, 3.63) is 69.1 Å². The summed E-state index contributed by atoms with van der Waals surface area (Å²) in [4.78, 5) is 32.0. The van der Waals surface area contributed by atoms with E-state index >= 15 is 0 Å².